The summed E-state index contributed by atoms with van der Waals surface area (Å²) in [4.78, 5) is 20.9. The molecule has 1 fully saturated rings. The third kappa shape index (κ3) is 5.26. The average molecular weight is 452 g/mol. The van der Waals surface area contributed by atoms with Gasteiger partial charge in [-0.05, 0) is 12.1 Å². The molecule has 1 amide bonds. The van der Waals surface area contributed by atoms with E-state index >= 15 is 0 Å². The highest BCUT2D eigenvalue weighted by atomic mass is 32.2. The molecule has 1 aromatic heterocycles. The van der Waals surface area contributed by atoms with Crippen molar-refractivity contribution in [3.05, 3.63) is 24.5 Å². The van der Waals surface area contributed by atoms with E-state index in [1.807, 2.05) is 0 Å². The van der Waals surface area contributed by atoms with Crippen molar-refractivity contribution in [1.29, 1.82) is 0 Å². The van der Waals surface area contributed by atoms with Gasteiger partial charge in [0.1, 0.15) is 18.2 Å². The first-order valence-electron chi connectivity index (χ1n) is 9.41. The number of piperidine rings is 1. The van der Waals surface area contributed by atoms with Gasteiger partial charge in [-0.1, -0.05) is 0 Å². The van der Waals surface area contributed by atoms with Crippen LogP contribution in [0.25, 0.3) is 0 Å². The summed E-state index contributed by atoms with van der Waals surface area (Å²) in [5.41, 5.74) is 0.479. The Balaban J connectivity index is 1.81. The molecule has 1 saturated heterocycles. The molecule has 2 heterocycles. The summed E-state index contributed by atoms with van der Waals surface area (Å²) in [6.07, 6.45) is 2.33. The Bertz CT molecular complexity index is 1050. The van der Waals surface area contributed by atoms with Gasteiger partial charge < -0.3 is 29.5 Å². The molecule has 12 heteroatoms. The number of benzene rings is 1. The predicted octanol–water partition coefficient (Wildman–Crippen LogP) is 2.16. The summed E-state index contributed by atoms with van der Waals surface area (Å²) >= 11 is 0. The van der Waals surface area contributed by atoms with Crippen LogP contribution in [-0.2, 0) is 9.84 Å². The summed E-state index contributed by atoms with van der Waals surface area (Å²) in [6.45, 7) is 0.755. The molecule has 0 radical (unpaired) electrons. The van der Waals surface area contributed by atoms with Crippen LogP contribution in [0.1, 0.15) is 12.8 Å². The number of nitrogens with one attached hydrogen (secondary N) is 1. The van der Waals surface area contributed by atoms with E-state index in [1.165, 1.54) is 37.6 Å². The molecule has 3 rings (SSSR count). The second-order valence-corrected chi connectivity index (χ2v) is 8.92. The topological polar surface area (TPSA) is 140 Å². The monoisotopic (exact) mass is 452 g/mol. The fourth-order valence-corrected chi connectivity index (χ4v) is 3.81. The van der Waals surface area contributed by atoms with Crippen molar-refractivity contribution >= 4 is 27.4 Å². The maximum Gasteiger partial charge on any atom is 0.407 e. The van der Waals surface area contributed by atoms with Crippen molar-refractivity contribution < 1.29 is 32.5 Å². The van der Waals surface area contributed by atoms with Crippen molar-refractivity contribution in [2.24, 2.45) is 0 Å². The number of amides is 1. The summed E-state index contributed by atoms with van der Waals surface area (Å²) in [5, 5.41) is 12.1. The van der Waals surface area contributed by atoms with Crippen LogP contribution in [-0.4, -0.2) is 74.2 Å². The highest BCUT2D eigenvalue weighted by Gasteiger charge is 2.26. The van der Waals surface area contributed by atoms with E-state index in [9.17, 15) is 13.2 Å². The largest absolute Gasteiger partial charge is 0.495 e. The molecule has 2 N–H and O–H groups in total. The van der Waals surface area contributed by atoms with E-state index in [4.69, 9.17) is 19.3 Å². The number of carbonyl (C=O) groups is 1. The average Bonchev–Trinajstić information content (AvgIpc) is 2.74. The lowest BCUT2D eigenvalue weighted by molar-refractivity contribution is 0.0852. The van der Waals surface area contributed by atoms with Crippen LogP contribution in [0.15, 0.2) is 29.4 Å². The zero-order chi connectivity index (χ0) is 22.6. The zero-order valence-electron chi connectivity index (χ0n) is 17.4. The molecular weight excluding hydrogens is 428 g/mol. The molecule has 0 saturated carbocycles. The maximum absolute atomic E-state index is 11.8. The first kappa shape index (κ1) is 22.4. The fourth-order valence-electron chi connectivity index (χ4n) is 3.17. The van der Waals surface area contributed by atoms with Crippen LogP contribution in [0.4, 0.5) is 16.3 Å². The lowest BCUT2D eigenvalue weighted by Crippen LogP contribution is -2.41. The van der Waals surface area contributed by atoms with Crippen molar-refractivity contribution in [1.82, 2.24) is 14.9 Å². The van der Waals surface area contributed by atoms with Gasteiger partial charge in [0.2, 0.25) is 5.75 Å². The quantitative estimate of drug-likeness (QED) is 0.642. The van der Waals surface area contributed by atoms with E-state index in [0.29, 0.717) is 43.2 Å². The Kier molecular flexibility index (Phi) is 6.68. The number of carboxylic acid groups (broad SMARTS) is 1. The Labute approximate surface area is 179 Å². The molecule has 1 aliphatic rings. The number of methoxy groups -OCH3 is 2. The minimum atomic E-state index is -3.39. The van der Waals surface area contributed by atoms with Gasteiger partial charge >= 0.3 is 6.09 Å². The third-order valence-corrected chi connectivity index (χ3v) is 5.93. The molecule has 0 spiro atoms. The van der Waals surface area contributed by atoms with Crippen LogP contribution in [0.5, 0.6) is 17.4 Å². The summed E-state index contributed by atoms with van der Waals surface area (Å²) in [5.74, 6) is 1.10. The fraction of sp³-hybridized carbons (Fsp3) is 0.421. The molecule has 1 aromatic carbocycles. The van der Waals surface area contributed by atoms with Gasteiger partial charge in [-0.15, -0.1) is 0 Å². The number of ether oxygens (including phenoxy) is 3. The highest BCUT2D eigenvalue weighted by molar-refractivity contribution is 7.90. The number of aromatic nitrogens is 2. The number of nitrogens with zero attached hydrogens (tertiary/aromatic N) is 3. The van der Waals surface area contributed by atoms with Crippen molar-refractivity contribution in [3.63, 3.8) is 0 Å². The molecular formula is C19H24N4O7S. The number of anilines is 2. The molecule has 0 atom stereocenters. The van der Waals surface area contributed by atoms with Crippen LogP contribution >= 0.6 is 0 Å². The standard InChI is InChI=1S/C19H24N4O7S/c1-28-15-10-13(31(3,26)27)4-5-14(15)22-17-16(29-2)18(21-11-20-17)30-12-6-8-23(9-7-12)19(24)25/h4-5,10-12H,6-9H2,1-3H3,(H,24,25)(H,20,21,22). The molecule has 31 heavy (non-hydrogen) atoms. The van der Waals surface area contributed by atoms with Crippen LogP contribution < -0.4 is 19.5 Å². The minimum Gasteiger partial charge on any atom is -0.495 e. The van der Waals surface area contributed by atoms with Gasteiger partial charge in [0.15, 0.2) is 15.7 Å². The summed E-state index contributed by atoms with van der Waals surface area (Å²) in [6, 6.07) is 4.44. The molecule has 11 nitrogen and oxygen atoms in total. The molecule has 0 bridgehead atoms. The van der Waals surface area contributed by atoms with E-state index < -0.39 is 15.9 Å². The lowest BCUT2D eigenvalue weighted by atomic mass is 10.1. The summed E-state index contributed by atoms with van der Waals surface area (Å²) < 4.78 is 40.3. The predicted molar refractivity (Wildman–Crippen MR) is 111 cm³/mol. The van der Waals surface area contributed by atoms with Gasteiger partial charge in [-0.3, -0.25) is 0 Å². The first-order chi connectivity index (χ1) is 14.7. The number of hydrogen-bond acceptors (Lipinski definition) is 9. The maximum atomic E-state index is 11.8. The van der Waals surface area contributed by atoms with Gasteiger partial charge in [0.25, 0.3) is 5.88 Å². The second-order valence-electron chi connectivity index (χ2n) is 6.91. The van der Waals surface area contributed by atoms with Crippen molar-refractivity contribution in [3.8, 4) is 17.4 Å². The number of rotatable bonds is 7. The number of sulfone groups is 1. The molecule has 0 aliphatic carbocycles. The Morgan fingerprint density at radius 2 is 1.90 bits per heavy atom. The Hall–Kier alpha value is -3.28. The van der Waals surface area contributed by atoms with E-state index in [0.717, 1.165) is 6.26 Å². The number of likely N-dealkylation sites (tertiary alicyclic amines) is 1. The van der Waals surface area contributed by atoms with Crippen molar-refractivity contribution in [2.75, 3.05) is 38.9 Å². The SMILES string of the molecule is COc1cc(S(C)(=O)=O)ccc1Nc1ncnc(OC2CCN(C(=O)O)CC2)c1OC. The Morgan fingerprint density at radius 3 is 2.48 bits per heavy atom. The van der Waals surface area contributed by atoms with E-state index in [1.54, 1.807) is 6.07 Å². The lowest BCUT2D eigenvalue weighted by Gasteiger charge is -2.30. The molecule has 1 aliphatic heterocycles. The van der Waals surface area contributed by atoms with E-state index in [-0.39, 0.29) is 22.6 Å². The highest BCUT2D eigenvalue weighted by Crippen LogP contribution is 2.37. The van der Waals surface area contributed by atoms with Gasteiger partial charge in [-0.25, -0.2) is 18.2 Å². The number of hydrogen-bond donors (Lipinski definition) is 2. The van der Waals surface area contributed by atoms with Gasteiger partial charge in [-0.2, -0.15) is 4.98 Å². The minimum absolute atomic E-state index is 0.126. The van der Waals surface area contributed by atoms with Crippen molar-refractivity contribution in [2.45, 2.75) is 23.8 Å². The van der Waals surface area contributed by atoms with Gasteiger partial charge in [0.05, 0.1) is 24.8 Å². The Morgan fingerprint density at radius 1 is 1.19 bits per heavy atom. The van der Waals surface area contributed by atoms with E-state index in [2.05, 4.69) is 15.3 Å². The van der Waals surface area contributed by atoms with Crippen LogP contribution in [0.2, 0.25) is 0 Å². The smallest absolute Gasteiger partial charge is 0.407 e. The molecule has 168 valence electrons. The van der Waals surface area contributed by atoms with Crippen LogP contribution in [0, 0.1) is 0 Å². The second kappa shape index (κ2) is 9.25. The molecule has 0 unspecified atom stereocenters. The first-order valence-corrected chi connectivity index (χ1v) is 11.3. The zero-order valence-corrected chi connectivity index (χ0v) is 18.2. The third-order valence-electron chi connectivity index (χ3n) is 4.82. The molecule has 2 aromatic rings. The normalized spacial score (nSPS) is 14.7. The summed E-state index contributed by atoms with van der Waals surface area (Å²) in [7, 11) is -0.504. The van der Waals surface area contributed by atoms with Crippen LogP contribution in [0.3, 0.4) is 0 Å². The van der Waals surface area contributed by atoms with Gasteiger partial charge in [0, 0.05) is 38.3 Å².